The lowest BCUT2D eigenvalue weighted by Crippen LogP contribution is -2.17. The lowest BCUT2D eigenvalue weighted by molar-refractivity contribution is 0.492. The zero-order valence-electron chi connectivity index (χ0n) is 13.3. The molecule has 3 unspecified atom stereocenters. The highest BCUT2D eigenvalue weighted by atomic mass is 32.1. The Balaban J connectivity index is 2.30. The molecule has 0 radical (unpaired) electrons. The second-order valence-electron chi connectivity index (χ2n) is 5.53. The molecule has 0 fully saturated rings. The molecule has 2 aromatic rings. The van der Waals surface area contributed by atoms with Crippen molar-refractivity contribution in [1.82, 2.24) is 15.5 Å². The van der Waals surface area contributed by atoms with E-state index < -0.39 is 0 Å². The molecule has 0 aliphatic carbocycles. The molecule has 114 valence electrons. The van der Waals surface area contributed by atoms with Crippen LogP contribution in [0.5, 0.6) is 0 Å². The Morgan fingerprint density at radius 2 is 1.71 bits per heavy atom. The van der Waals surface area contributed by atoms with Crippen LogP contribution in [0.15, 0.2) is 30.3 Å². The fourth-order valence-corrected chi connectivity index (χ4v) is 3.68. The Morgan fingerprint density at radius 1 is 1.05 bits per heavy atom. The first kappa shape index (κ1) is 16.1. The topological polar surface area (TPSA) is 37.8 Å². The van der Waals surface area contributed by atoms with Gasteiger partial charge in [0.05, 0.1) is 6.04 Å². The van der Waals surface area contributed by atoms with Gasteiger partial charge in [-0.2, -0.15) is 0 Å². The van der Waals surface area contributed by atoms with Crippen molar-refractivity contribution >= 4 is 11.3 Å². The van der Waals surface area contributed by atoms with Crippen LogP contribution < -0.4 is 5.32 Å². The second kappa shape index (κ2) is 7.66. The van der Waals surface area contributed by atoms with Crippen LogP contribution in [0.3, 0.4) is 0 Å². The molecule has 1 heterocycles. The zero-order valence-corrected chi connectivity index (χ0v) is 14.2. The van der Waals surface area contributed by atoms with Gasteiger partial charge >= 0.3 is 0 Å². The number of rotatable bonds is 7. The number of benzene rings is 1. The summed E-state index contributed by atoms with van der Waals surface area (Å²) in [6.07, 6.45) is 1.14. The van der Waals surface area contributed by atoms with E-state index in [1.807, 2.05) is 0 Å². The van der Waals surface area contributed by atoms with E-state index in [9.17, 15) is 0 Å². The minimum Gasteiger partial charge on any atom is -0.308 e. The molecule has 0 bridgehead atoms. The summed E-state index contributed by atoms with van der Waals surface area (Å²) in [6, 6.07) is 10.9. The summed E-state index contributed by atoms with van der Waals surface area (Å²) in [4.78, 5) is 0. The maximum atomic E-state index is 4.49. The van der Waals surface area contributed by atoms with E-state index in [1.54, 1.807) is 11.3 Å². The SMILES string of the molecule is CCNC(C)c1nnc(C(c2ccccc2)C(C)CC)s1. The summed E-state index contributed by atoms with van der Waals surface area (Å²) in [5.74, 6) is 0.902. The van der Waals surface area contributed by atoms with Crippen molar-refractivity contribution in [3.63, 3.8) is 0 Å². The average Bonchev–Trinajstić information content (AvgIpc) is 2.98. The predicted molar refractivity (Wildman–Crippen MR) is 89.7 cm³/mol. The van der Waals surface area contributed by atoms with Gasteiger partial charge in [-0.05, 0) is 24.9 Å². The van der Waals surface area contributed by atoms with Crippen LogP contribution in [0.25, 0.3) is 0 Å². The number of nitrogens with one attached hydrogen (secondary N) is 1. The Morgan fingerprint density at radius 3 is 2.33 bits per heavy atom. The van der Waals surface area contributed by atoms with E-state index in [0.717, 1.165) is 23.0 Å². The molecule has 3 atom stereocenters. The summed E-state index contributed by atoms with van der Waals surface area (Å²) >= 11 is 1.74. The highest BCUT2D eigenvalue weighted by Crippen LogP contribution is 2.36. The normalized spacial score (nSPS) is 15.6. The van der Waals surface area contributed by atoms with Crippen molar-refractivity contribution in [2.75, 3.05) is 6.54 Å². The largest absolute Gasteiger partial charge is 0.308 e. The molecule has 2 rings (SSSR count). The van der Waals surface area contributed by atoms with E-state index in [-0.39, 0.29) is 6.04 Å². The van der Waals surface area contributed by atoms with Gasteiger partial charge in [0.1, 0.15) is 10.0 Å². The molecular formula is C17H25N3S. The zero-order chi connectivity index (χ0) is 15.2. The van der Waals surface area contributed by atoms with Crippen molar-refractivity contribution in [2.45, 2.75) is 46.1 Å². The van der Waals surface area contributed by atoms with Crippen molar-refractivity contribution in [1.29, 1.82) is 0 Å². The van der Waals surface area contributed by atoms with Crippen LogP contribution in [-0.4, -0.2) is 16.7 Å². The average molecular weight is 303 g/mol. The summed E-state index contributed by atoms with van der Waals surface area (Å²) in [5, 5.41) is 14.5. The highest BCUT2D eigenvalue weighted by molar-refractivity contribution is 7.11. The first-order valence-electron chi connectivity index (χ1n) is 7.78. The predicted octanol–water partition coefficient (Wildman–Crippen LogP) is 4.39. The van der Waals surface area contributed by atoms with Gasteiger partial charge in [0.15, 0.2) is 0 Å². The van der Waals surface area contributed by atoms with Crippen LogP contribution in [0.2, 0.25) is 0 Å². The van der Waals surface area contributed by atoms with E-state index in [0.29, 0.717) is 11.8 Å². The van der Waals surface area contributed by atoms with Crippen molar-refractivity contribution in [3.05, 3.63) is 45.9 Å². The maximum absolute atomic E-state index is 4.49. The van der Waals surface area contributed by atoms with Gasteiger partial charge in [-0.1, -0.05) is 68.9 Å². The first-order chi connectivity index (χ1) is 10.2. The molecule has 0 aliphatic rings. The Bertz CT molecular complexity index is 538. The minimum atomic E-state index is 0.273. The van der Waals surface area contributed by atoms with E-state index in [1.165, 1.54) is 5.56 Å². The van der Waals surface area contributed by atoms with Crippen LogP contribution in [0.1, 0.15) is 61.7 Å². The fraction of sp³-hybridized carbons (Fsp3) is 0.529. The third-order valence-electron chi connectivity index (χ3n) is 3.97. The van der Waals surface area contributed by atoms with Crippen LogP contribution in [0, 0.1) is 5.92 Å². The number of aromatic nitrogens is 2. The smallest absolute Gasteiger partial charge is 0.134 e. The Kier molecular flexibility index (Phi) is 5.88. The quantitative estimate of drug-likeness (QED) is 0.824. The molecule has 0 spiro atoms. The highest BCUT2D eigenvalue weighted by Gasteiger charge is 2.24. The number of nitrogens with zero attached hydrogens (tertiary/aromatic N) is 2. The summed E-state index contributed by atoms with van der Waals surface area (Å²) in [5.41, 5.74) is 1.34. The van der Waals surface area contributed by atoms with Gasteiger partial charge in [-0.3, -0.25) is 0 Å². The first-order valence-corrected chi connectivity index (χ1v) is 8.60. The summed E-state index contributed by atoms with van der Waals surface area (Å²) in [6.45, 7) is 9.75. The third kappa shape index (κ3) is 3.89. The van der Waals surface area contributed by atoms with Gasteiger partial charge in [0.2, 0.25) is 0 Å². The van der Waals surface area contributed by atoms with Gasteiger partial charge in [-0.25, -0.2) is 0 Å². The van der Waals surface area contributed by atoms with Crippen molar-refractivity contribution < 1.29 is 0 Å². The molecular weight excluding hydrogens is 278 g/mol. The van der Waals surface area contributed by atoms with Gasteiger partial charge < -0.3 is 5.32 Å². The fourth-order valence-electron chi connectivity index (χ4n) is 2.55. The van der Waals surface area contributed by atoms with Crippen LogP contribution >= 0.6 is 11.3 Å². The molecule has 0 aliphatic heterocycles. The molecule has 0 saturated heterocycles. The van der Waals surface area contributed by atoms with Crippen LogP contribution in [0.4, 0.5) is 0 Å². The second-order valence-corrected chi connectivity index (χ2v) is 6.57. The molecule has 21 heavy (non-hydrogen) atoms. The number of hydrogen-bond acceptors (Lipinski definition) is 4. The lowest BCUT2D eigenvalue weighted by Gasteiger charge is -2.20. The Hall–Kier alpha value is -1.26. The minimum absolute atomic E-state index is 0.273. The summed E-state index contributed by atoms with van der Waals surface area (Å²) < 4.78 is 0. The number of hydrogen-bond donors (Lipinski definition) is 1. The van der Waals surface area contributed by atoms with Gasteiger partial charge in [-0.15, -0.1) is 10.2 Å². The molecule has 0 saturated carbocycles. The molecule has 1 aromatic heterocycles. The molecule has 3 nitrogen and oxygen atoms in total. The Labute approximate surface area is 131 Å². The summed E-state index contributed by atoms with van der Waals surface area (Å²) in [7, 11) is 0. The molecule has 0 amide bonds. The maximum Gasteiger partial charge on any atom is 0.134 e. The van der Waals surface area contributed by atoms with Gasteiger partial charge in [0, 0.05) is 5.92 Å². The lowest BCUT2D eigenvalue weighted by atomic mass is 9.86. The molecule has 4 heteroatoms. The standard InChI is InChI=1S/C17H25N3S/c1-5-12(3)15(14-10-8-7-9-11-14)17-20-19-16(21-17)13(4)18-6-2/h7-13,15,18H,5-6H2,1-4H3. The molecule has 1 aromatic carbocycles. The molecule has 1 N–H and O–H groups in total. The van der Waals surface area contributed by atoms with E-state index >= 15 is 0 Å². The van der Waals surface area contributed by atoms with Crippen molar-refractivity contribution in [3.8, 4) is 0 Å². The van der Waals surface area contributed by atoms with Gasteiger partial charge in [0.25, 0.3) is 0 Å². The van der Waals surface area contributed by atoms with E-state index in [2.05, 4.69) is 73.5 Å². The van der Waals surface area contributed by atoms with E-state index in [4.69, 9.17) is 0 Å². The van der Waals surface area contributed by atoms with Crippen LogP contribution in [-0.2, 0) is 0 Å². The third-order valence-corrected chi connectivity index (χ3v) is 5.16. The monoisotopic (exact) mass is 303 g/mol. The van der Waals surface area contributed by atoms with Crippen molar-refractivity contribution in [2.24, 2.45) is 5.92 Å².